The maximum atomic E-state index is 14.5. The van der Waals surface area contributed by atoms with Gasteiger partial charge >= 0.3 is 0 Å². The van der Waals surface area contributed by atoms with E-state index in [-0.39, 0.29) is 11.7 Å². The van der Waals surface area contributed by atoms with Crippen LogP contribution in [0.2, 0.25) is 5.15 Å². The summed E-state index contributed by atoms with van der Waals surface area (Å²) in [6.45, 7) is 2.77. The van der Waals surface area contributed by atoms with Crippen molar-refractivity contribution < 1.29 is 13.2 Å². The van der Waals surface area contributed by atoms with Crippen LogP contribution in [0.15, 0.2) is 24.4 Å². The van der Waals surface area contributed by atoms with Gasteiger partial charge in [0.15, 0.2) is 22.6 Å². The second-order valence-electron chi connectivity index (χ2n) is 9.07. The Morgan fingerprint density at radius 1 is 1.03 bits per heavy atom. The van der Waals surface area contributed by atoms with E-state index in [4.69, 9.17) is 11.6 Å². The van der Waals surface area contributed by atoms with Crippen molar-refractivity contribution in [2.45, 2.75) is 31.8 Å². The molecule has 2 bridgehead atoms. The first-order valence-corrected chi connectivity index (χ1v) is 11.7. The summed E-state index contributed by atoms with van der Waals surface area (Å²) in [5.74, 6) is -2.25. The predicted molar refractivity (Wildman–Crippen MR) is 121 cm³/mol. The van der Waals surface area contributed by atoms with Crippen LogP contribution in [0.1, 0.15) is 19.3 Å². The van der Waals surface area contributed by atoms with E-state index in [1.54, 1.807) is 15.8 Å². The van der Waals surface area contributed by atoms with Crippen LogP contribution in [0.4, 0.5) is 36.4 Å². The maximum absolute atomic E-state index is 14.5. The predicted octanol–water partition coefficient (Wildman–Crippen LogP) is 4.01. The van der Waals surface area contributed by atoms with Crippen molar-refractivity contribution in [2.75, 3.05) is 34.8 Å². The third kappa shape index (κ3) is 3.62. The monoisotopic (exact) mass is 490 g/mol. The molecule has 3 aliphatic rings. The number of aryl methyl sites for hydroxylation is 1. The smallest absolute Gasteiger partial charge is 0.244 e. The highest BCUT2D eigenvalue weighted by molar-refractivity contribution is 6.29. The lowest BCUT2D eigenvalue weighted by molar-refractivity contribution is 0.376. The van der Waals surface area contributed by atoms with Gasteiger partial charge in [-0.25, -0.2) is 17.9 Å². The number of piperidine rings is 1. The Balaban J connectivity index is 1.22. The van der Waals surface area contributed by atoms with Crippen LogP contribution >= 0.6 is 11.6 Å². The number of halogens is 4. The molecule has 4 heterocycles. The van der Waals surface area contributed by atoms with Crippen molar-refractivity contribution in [2.24, 2.45) is 11.8 Å². The number of nitrogens with zero attached hydrogens (tertiary/aromatic N) is 7. The molecule has 3 atom stereocenters. The van der Waals surface area contributed by atoms with E-state index in [1.807, 2.05) is 6.07 Å². The molecule has 12 heteroatoms. The molecule has 0 spiro atoms. The molecule has 1 aromatic carbocycles. The van der Waals surface area contributed by atoms with Gasteiger partial charge in [0.2, 0.25) is 11.9 Å². The summed E-state index contributed by atoms with van der Waals surface area (Å²) >= 11 is 6.02. The Kier molecular flexibility index (Phi) is 5.23. The van der Waals surface area contributed by atoms with Crippen LogP contribution in [-0.4, -0.2) is 50.6 Å². The zero-order valence-electron chi connectivity index (χ0n) is 18.1. The standard InChI is InChI=1S/C22H22ClF3N8/c23-17-8-14(9-27-30-17)32-10-12-2-3-13(11-32)20(12)28-21-29-22-33(6-1-7-34(22)31-21)16-5-4-15(24)18(25)19(16)26/h4-5,8-9,12-13,20H,1-3,6-7,10-11H2,(H,28,31)/t12-,13+,20?. The van der Waals surface area contributed by atoms with Crippen LogP contribution in [0.3, 0.4) is 0 Å². The average molecular weight is 491 g/mol. The lowest BCUT2D eigenvalue weighted by Crippen LogP contribution is -2.48. The summed E-state index contributed by atoms with van der Waals surface area (Å²) in [5.41, 5.74) is 0.923. The molecule has 1 aliphatic carbocycles. The Bertz CT molecular complexity index is 1220. The minimum absolute atomic E-state index is 0.0446. The minimum atomic E-state index is -1.48. The fourth-order valence-electron chi connectivity index (χ4n) is 5.50. The number of rotatable bonds is 4. The second kappa shape index (κ2) is 8.30. The number of hydrogen-bond donors (Lipinski definition) is 1. The van der Waals surface area contributed by atoms with Gasteiger partial charge in [0, 0.05) is 38.3 Å². The minimum Gasteiger partial charge on any atom is -0.369 e. The zero-order chi connectivity index (χ0) is 23.4. The lowest BCUT2D eigenvalue weighted by atomic mass is 9.92. The number of nitrogens with one attached hydrogen (secondary N) is 1. The first-order chi connectivity index (χ1) is 16.5. The number of fused-ring (bicyclic) bond motifs is 3. The molecule has 8 nitrogen and oxygen atoms in total. The molecule has 2 fully saturated rings. The summed E-state index contributed by atoms with van der Waals surface area (Å²) in [5, 5.41) is 16.3. The fraction of sp³-hybridized carbons (Fsp3) is 0.455. The van der Waals surface area contributed by atoms with Crippen molar-refractivity contribution in [1.82, 2.24) is 25.0 Å². The summed E-state index contributed by atoms with van der Waals surface area (Å²) in [6, 6.07) is 4.21. The second-order valence-corrected chi connectivity index (χ2v) is 9.45. The van der Waals surface area contributed by atoms with E-state index >= 15 is 0 Å². The molecule has 1 saturated carbocycles. The van der Waals surface area contributed by atoms with Gasteiger partial charge in [-0.1, -0.05) is 11.6 Å². The van der Waals surface area contributed by atoms with Gasteiger partial charge in [0.25, 0.3) is 0 Å². The molecule has 0 amide bonds. The normalized spacial score (nSPS) is 23.8. The zero-order valence-corrected chi connectivity index (χ0v) is 18.9. The third-order valence-electron chi connectivity index (χ3n) is 7.06. The van der Waals surface area contributed by atoms with Gasteiger partial charge in [0.05, 0.1) is 17.6 Å². The van der Waals surface area contributed by atoms with Gasteiger partial charge in [-0.3, -0.25) is 0 Å². The van der Waals surface area contributed by atoms with Crippen LogP contribution in [0.25, 0.3) is 0 Å². The highest BCUT2D eigenvalue weighted by Crippen LogP contribution is 2.40. The number of hydrogen-bond acceptors (Lipinski definition) is 7. The van der Waals surface area contributed by atoms with Crippen LogP contribution in [0.5, 0.6) is 0 Å². The van der Waals surface area contributed by atoms with Gasteiger partial charge in [-0.05, 0) is 43.2 Å². The quantitative estimate of drug-likeness (QED) is 0.554. The Hall–Kier alpha value is -3.08. The van der Waals surface area contributed by atoms with Crippen molar-refractivity contribution in [3.05, 3.63) is 47.0 Å². The van der Waals surface area contributed by atoms with Crippen LogP contribution in [-0.2, 0) is 6.54 Å². The lowest BCUT2D eigenvalue weighted by Gasteiger charge is -2.39. The van der Waals surface area contributed by atoms with E-state index in [2.05, 4.69) is 30.5 Å². The topological polar surface area (TPSA) is 75.0 Å². The van der Waals surface area contributed by atoms with E-state index in [1.165, 1.54) is 6.07 Å². The van der Waals surface area contributed by atoms with E-state index in [9.17, 15) is 13.2 Å². The molecule has 178 valence electrons. The van der Waals surface area contributed by atoms with E-state index in [0.717, 1.165) is 37.7 Å². The molecule has 2 aliphatic heterocycles. The van der Waals surface area contributed by atoms with Gasteiger partial charge in [-0.2, -0.15) is 10.1 Å². The molecule has 1 unspecified atom stereocenters. The Morgan fingerprint density at radius 2 is 1.82 bits per heavy atom. The summed E-state index contributed by atoms with van der Waals surface area (Å²) < 4.78 is 43.5. The Morgan fingerprint density at radius 3 is 2.59 bits per heavy atom. The SMILES string of the molecule is Fc1ccc(N2CCCn3nc(NC4[C@@H]5CC[C@H]4CN(c4cnnc(Cl)c4)C5)nc32)c(F)c1F. The van der Waals surface area contributed by atoms with Crippen molar-refractivity contribution >= 4 is 34.9 Å². The van der Waals surface area contributed by atoms with Crippen molar-refractivity contribution in [3.63, 3.8) is 0 Å². The van der Waals surface area contributed by atoms with E-state index < -0.39 is 17.5 Å². The van der Waals surface area contributed by atoms with Gasteiger partial charge in [0.1, 0.15) is 0 Å². The van der Waals surface area contributed by atoms with E-state index in [0.29, 0.717) is 48.4 Å². The number of benzene rings is 1. The van der Waals surface area contributed by atoms with Gasteiger partial charge in [-0.15, -0.1) is 10.2 Å². The summed E-state index contributed by atoms with van der Waals surface area (Å²) in [4.78, 5) is 8.46. The average Bonchev–Trinajstić information content (AvgIpc) is 3.33. The van der Waals surface area contributed by atoms with Crippen molar-refractivity contribution in [1.29, 1.82) is 0 Å². The molecule has 1 N–H and O–H groups in total. The fourth-order valence-corrected chi connectivity index (χ4v) is 5.65. The van der Waals surface area contributed by atoms with Crippen LogP contribution in [0, 0.1) is 29.3 Å². The Labute approximate surface area is 198 Å². The highest BCUT2D eigenvalue weighted by Gasteiger charge is 2.43. The summed E-state index contributed by atoms with van der Waals surface area (Å²) in [6.07, 6.45) is 4.59. The summed E-state index contributed by atoms with van der Waals surface area (Å²) in [7, 11) is 0. The number of anilines is 4. The van der Waals surface area contributed by atoms with Crippen LogP contribution < -0.4 is 15.1 Å². The first-order valence-electron chi connectivity index (χ1n) is 11.3. The largest absolute Gasteiger partial charge is 0.369 e. The molecular formula is C22H22ClF3N8. The molecule has 34 heavy (non-hydrogen) atoms. The van der Waals surface area contributed by atoms with Gasteiger partial charge < -0.3 is 15.1 Å². The highest BCUT2D eigenvalue weighted by atomic mass is 35.5. The number of aromatic nitrogens is 5. The molecule has 1 saturated heterocycles. The molecule has 6 rings (SSSR count). The maximum Gasteiger partial charge on any atom is 0.244 e. The molecule has 3 aromatic rings. The molecular weight excluding hydrogens is 469 g/mol. The first kappa shape index (κ1) is 21.5. The van der Waals surface area contributed by atoms with Crippen molar-refractivity contribution in [3.8, 4) is 0 Å². The molecule has 0 radical (unpaired) electrons. The molecule has 2 aromatic heterocycles. The third-order valence-corrected chi connectivity index (χ3v) is 7.24.